The Morgan fingerprint density at radius 1 is 1.10 bits per heavy atom. The zero-order chi connectivity index (χ0) is 26.5. The molecule has 0 radical (unpaired) electrons. The number of piperidine rings is 2. The lowest BCUT2D eigenvalue weighted by Crippen LogP contribution is -2.43. The first kappa shape index (κ1) is 33.3. The molecule has 0 bridgehead atoms. The van der Waals surface area contributed by atoms with Gasteiger partial charge in [0.15, 0.2) is 4.34 Å². The van der Waals surface area contributed by atoms with E-state index in [-0.39, 0.29) is 36.8 Å². The smallest absolute Gasteiger partial charge is 0.229 e. The van der Waals surface area contributed by atoms with Crippen LogP contribution in [0.5, 0.6) is 0 Å². The molecule has 12 heteroatoms. The highest BCUT2D eigenvalue weighted by molar-refractivity contribution is 7.99. The van der Waals surface area contributed by atoms with Crippen LogP contribution in [0, 0.1) is 0 Å². The number of thiazole rings is 1. The summed E-state index contributed by atoms with van der Waals surface area (Å²) >= 11 is 15.3. The standard InChI is InChI=1S/C28H33Cl2N5OS2.2ClH/c1-19(36)35(24-9-13-34(14-10-24)17-20-5-6-25(29)26(30)15-20)38-28-33-27(18-37-28)21-3-2-4-23(16-21)32-22-7-11-31-12-8-22;;/h2-6,15-16,18,22,24,31-32H,7-14,17H2,1H3;2*1H. The summed E-state index contributed by atoms with van der Waals surface area (Å²) < 4.78 is 2.82. The molecule has 2 fully saturated rings. The second-order valence-corrected chi connectivity index (χ2v) is 12.8. The highest BCUT2D eigenvalue weighted by atomic mass is 35.5. The second kappa shape index (κ2) is 15.8. The molecule has 0 atom stereocenters. The van der Waals surface area contributed by atoms with Gasteiger partial charge >= 0.3 is 0 Å². The van der Waals surface area contributed by atoms with Crippen molar-refractivity contribution in [3.8, 4) is 11.3 Å². The maximum Gasteiger partial charge on any atom is 0.229 e. The molecule has 40 heavy (non-hydrogen) atoms. The highest BCUT2D eigenvalue weighted by Crippen LogP contribution is 2.35. The molecule has 3 aromatic rings. The van der Waals surface area contributed by atoms with Crippen molar-refractivity contribution >= 4 is 82.9 Å². The number of aromatic nitrogens is 1. The molecule has 1 aromatic heterocycles. The van der Waals surface area contributed by atoms with Crippen molar-refractivity contribution in [1.82, 2.24) is 19.5 Å². The number of anilines is 1. The summed E-state index contributed by atoms with van der Waals surface area (Å²) in [7, 11) is 0. The Balaban J connectivity index is 0.00000220. The number of nitrogens with one attached hydrogen (secondary N) is 2. The topological polar surface area (TPSA) is 60.5 Å². The molecule has 0 unspecified atom stereocenters. The molecule has 3 heterocycles. The first-order chi connectivity index (χ1) is 18.4. The minimum absolute atomic E-state index is 0. The first-order valence-electron chi connectivity index (χ1n) is 13.1. The lowest BCUT2D eigenvalue weighted by Gasteiger charge is -2.37. The molecule has 6 nitrogen and oxygen atoms in total. The number of benzene rings is 2. The third-order valence-electron chi connectivity index (χ3n) is 7.12. The van der Waals surface area contributed by atoms with E-state index in [1.807, 2.05) is 22.5 Å². The number of likely N-dealkylation sites (tertiary alicyclic amines) is 1. The van der Waals surface area contributed by atoms with E-state index in [0.717, 1.165) is 85.3 Å². The molecule has 0 saturated carbocycles. The number of carbonyl (C=O) groups excluding carboxylic acids is 1. The number of hydrogen-bond donors (Lipinski definition) is 2. The maximum atomic E-state index is 12.6. The van der Waals surface area contributed by atoms with E-state index in [1.54, 1.807) is 18.3 Å². The van der Waals surface area contributed by atoms with E-state index >= 15 is 0 Å². The number of amides is 1. The van der Waals surface area contributed by atoms with Gasteiger partial charge in [-0.2, -0.15) is 0 Å². The van der Waals surface area contributed by atoms with Crippen LogP contribution in [-0.2, 0) is 11.3 Å². The Morgan fingerprint density at radius 2 is 1.85 bits per heavy atom. The van der Waals surface area contributed by atoms with E-state index in [4.69, 9.17) is 28.2 Å². The van der Waals surface area contributed by atoms with Gasteiger partial charge in [0.25, 0.3) is 0 Å². The van der Waals surface area contributed by atoms with E-state index in [2.05, 4.69) is 45.2 Å². The van der Waals surface area contributed by atoms with E-state index in [9.17, 15) is 4.79 Å². The van der Waals surface area contributed by atoms with Gasteiger partial charge in [0.05, 0.1) is 15.7 Å². The Morgan fingerprint density at radius 3 is 2.55 bits per heavy atom. The van der Waals surface area contributed by atoms with Crippen LogP contribution < -0.4 is 10.6 Å². The van der Waals surface area contributed by atoms with Crippen LogP contribution in [0.15, 0.2) is 52.2 Å². The van der Waals surface area contributed by atoms with Crippen LogP contribution in [-0.4, -0.2) is 58.4 Å². The van der Waals surface area contributed by atoms with Gasteiger partial charge in [0.2, 0.25) is 5.91 Å². The molecule has 218 valence electrons. The van der Waals surface area contributed by atoms with Gasteiger partial charge in [-0.3, -0.25) is 14.0 Å². The summed E-state index contributed by atoms with van der Waals surface area (Å²) in [5.74, 6) is 0.0721. The van der Waals surface area contributed by atoms with Crippen molar-refractivity contribution in [2.75, 3.05) is 31.5 Å². The van der Waals surface area contributed by atoms with E-state index in [1.165, 1.54) is 11.9 Å². The zero-order valence-electron chi connectivity index (χ0n) is 22.3. The molecule has 1 amide bonds. The molecule has 2 aromatic carbocycles. The van der Waals surface area contributed by atoms with Gasteiger partial charge in [-0.1, -0.05) is 41.4 Å². The van der Waals surface area contributed by atoms with Crippen LogP contribution in [0.4, 0.5) is 5.69 Å². The zero-order valence-corrected chi connectivity index (χ0v) is 27.1. The summed E-state index contributed by atoms with van der Waals surface area (Å²) in [4.78, 5) is 19.9. The third kappa shape index (κ3) is 8.88. The predicted octanol–water partition coefficient (Wildman–Crippen LogP) is 7.64. The van der Waals surface area contributed by atoms with Crippen LogP contribution >= 0.6 is 71.3 Å². The van der Waals surface area contributed by atoms with Gasteiger partial charge in [-0.15, -0.1) is 36.2 Å². The Labute approximate surface area is 267 Å². The van der Waals surface area contributed by atoms with E-state index < -0.39 is 0 Å². The van der Waals surface area contributed by atoms with Crippen LogP contribution in [0.2, 0.25) is 10.0 Å². The van der Waals surface area contributed by atoms with Crippen molar-refractivity contribution in [2.24, 2.45) is 0 Å². The summed E-state index contributed by atoms with van der Waals surface area (Å²) in [5, 5.41) is 10.3. The van der Waals surface area contributed by atoms with Gasteiger partial charge in [-0.05, 0) is 68.6 Å². The average molecular weight is 664 g/mol. The van der Waals surface area contributed by atoms with Gasteiger partial charge < -0.3 is 10.6 Å². The van der Waals surface area contributed by atoms with Crippen LogP contribution in [0.3, 0.4) is 0 Å². The predicted molar refractivity (Wildman–Crippen MR) is 175 cm³/mol. The number of halogens is 4. The lowest BCUT2D eigenvalue weighted by atomic mass is 10.0. The highest BCUT2D eigenvalue weighted by Gasteiger charge is 2.28. The van der Waals surface area contributed by atoms with Gasteiger partial charge in [0.1, 0.15) is 0 Å². The van der Waals surface area contributed by atoms with Crippen molar-refractivity contribution in [1.29, 1.82) is 0 Å². The van der Waals surface area contributed by atoms with Gasteiger partial charge in [-0.25, -0.2) is 4.98 Å². The molecule has 0 spiro atoms. The normalized spacial score (nSPS) is 16.6. The van der Waals surface area contributed by atoms with E-state index in [0.29, 0.717) is 16.1 Å². The fourth-order valence-electron chi connectivity index (χ4n) is 5.09. The Hall–Kier alpha value is -1.23. The number of carbonyl (C=O) groups is 1. The first-order valence-corrected chi connectivity index (χ1v) is 15.5. The Kier molecular flexibility index (Phi) is 13.2. The fraction of sp³-hybridized carbons (Fsp3) is 0.429. The monoisotopic (exact) mass is 661 g/mol. The maximum absolute atomic E-state index is 12.6. The molecular formula is C28H35Cl4N5OS2. The molecule has 2 aliphatic rings. The third-order valence-corrected chi connectivity index (χ3v) is 10.0. The molecule has 2 aliphatic heterocycles. The fourth-order valence-corrected chi connectivity index (χ4v) is 7.32. The molecule has 2 N–H and O–H groups in total. The van der Waals surface area contributed by atoms with Crippen LogP contribution in [0.1, 0.15) is 38.2 Å². The summed E-state index contributed by atoms with van der Waals surface area (Å²) in [6, 6.07) is 15.0. The number of rotatable bonds is 8. The minimum Gasteiger partial charge on any atom is -0.382 e. The molecule has 0 aliphatic carbocycles. The minimum atomic E-state index is 0. The quantitative estimate of drug-likeness (QED) is 0.242. The number of nitrogens with zero attached hydrogens (tertiary/aromatic N) is 3. The van der Waals surface area contributed by atoms with Crippen molar-refractivity contribution in [3.63, 3.8) is 0 Å². The SMILES string of the molecule is CC(=O)N(Sc1nc(-c2cccc(NC3CCNCC3)c2)cs1)C1CCN(Cc2ccc(Cl)c(Cl)c2)CC1.Cl.Cl. The summed E-state index contributed by atoms with van der Waals surface area (Å²) in [5.41, 5.74) is 4.33. The average Bonchev–Trinajstić information content (AvgIpc) is 3.40. The number of hydrogen-bond acceptors (Lipinski definition) is 7. The van der Waals surface area contributed by atoms with Crippen molar-refractivity contribution < 1.29 is 4.79 Å². The molecule has 2 saturated heterocycles. The van der Waals surface area contributed by atoms with Gasteiger partial charge in [0, 0.05) is 67.2 Å². The van der Waals surface area contributed by atoms with Crippen molar-refractivity contribution in [3.05, 3.63) is 63.5 Å². The van der Waals surface area contributed by atoms with Crippen molar-refractivity contribution in [2.45, 2.75) is 55.6 Å². The summed E-state index contributed by atoms with van der Waals surface area (Å²) in [6.07, 6.45) is 4.13. The second-order valence-electron chi connectivity index (χ2n) is 9.94. The van der Waals surface area contributed by atoms with Crippen LogP contribution in [0.25, 0.3) is 11.3 Å². The Bertz CT molecular complexity index is 1250. The molecular weight excluding hydrogens is 628 g/mol. The largest absolute Gasteiger partial charge is 0.382 e. The summed E-state index contributed by atoms with van der Waals surface area (Å²) in [6.45, 7) is 6.46. The lowest BCUT2D eigenvalue weighted by molar-refractivity contribution is -0.125. The molecule has 5 rings (SSSR count).